The molecule has 0 saturated carbocycles. The van der Waals surface area contributed by atoms with Gasteiger partial charge >= 0.3 is 0 Å². The summed E-state index contributed by atoms with van der Waals surface area (Å²) in [4.78, 5) is 4.39. The third kappa shape index (κ3) is 3.06. The van der Waals surface area contributed by atoms with Gasteiger partial charge in [0.25, 0.3) is 0 Å². The van der Waals surface area contributed by atoms with Gasteiger partial charge in [-0.3, -0.25) is 0 Å². The molecule has 0 aliphatic carbocycles. The molecule has 0 saturated heterocycles. The van der Waals surface area contributed by atoms with E-state index in [9.17, 15) is 0 Å². The highest BCUT2D eigenvalue weighted by molar-refractivity contribution is 8.13. The molecule has 0 spiro atoms. The lowest BCUT2D eigenvalue weighted by Gasteiger charge is -2.07. The van der Waals surface area contributed by atoms with E-state index in [-0.39, 0.29) is 0 Å². The number of halogens is 1. The fourth-order valence-corrected chi connectivity index (χ4v) is 1.98. The van der Waals surface area contributed by atoms with Gasteiger partial charge in [-0.05, 0) is 30.0 Å². The van der Waals surface area contributed by atoms with Gasteiger partial charge in [-0.1, -0.05) is 53.7 Å². The molecule has 2 N–H and O–H groups in total. The van der Waals surface area contributed by atoms with Crippen LogP contribution in [0.2, 0.25) is 5.02 Å². The first-order chi connectivity index (χ1) is 8.70. The highest BCUT2D eigenvalue weighted by Crippen LogP contribution is 2.33. The molecule has 0 radical (unpaired) electrons. The Kier molecular flexibility index (Phi) is 4.28. The van der Waals surface area contributed by atoms with Crippen molar-refractivity contribution in [3.63, 3.8) is 0 Å². The molecule has 2 aromatic rings. The van der Waals surface area contributed by atoms with Crippen LogP contribution >= 0.6 is 23.4 Å². The number of benzene rings is 2. The van der Waals surface area contributed by atoms with Crippen LogP contribution in [-0.2, 0) is 0 Å². The third-order valence-electron chi connectivity index (χ3n) is 2.48. The fraction of sp³-hybridized carbons (Fsp3) is 0.0714. The number of nitrogens with zero attached hydrogens (tertiary/aromatic N) is 1. The van der Waals surface area contributed by atoms with Crippen LogP contribution in [0, 0.1) is 0 Å². The van der Waals surface area contributed by atoms with E-state index in [0.29, 0.717) is 10.2 Å². The van der Waals surface area contributed by atoms with Crippen LogP contribution in [0.5, 0.6) is 0 Å². The van der Waals surface area contributed by atoms with Gasteiger partial charge in [0.2, 0.25) is 0 Å². The first-order valence-corrected chi connectivity index (χ1v) is 7.04. The van der Waals surface area contributed by atoms with Crippen LogP contribution in [0.15, 0.2) is 53.5 Å². The summed E-state index contributed by atoms with van der Waals surface area (Å²) < 4.78 is 0. The maximum Gasteiger partial charge on any atom is 0.158 e. The molecule has 0 atom stereocenters. The van der Waals surface area contributed by atoms with Crippen LogP contribution in [0.1, 0.15) is 0 Å². The lowest BCUT2D eigenvalue weighted by Crippen LogP contribution is -2.04. The summed E-state index contributed by atoms with van der Waals surface area (Å²) in [6, 6.07) is 15.6. The molecule has 4 heteroatoms. The minimum atomic E-state index is 0.537. The zero-order valence-corrected chi connectivity index (χ0v) is 11.5. The number of amidine groups is 1. The molecule has 0 aliphatic heterocycles. The van der Waals surface area contributed by atoms with E-state index in [0.717, 1.165) is 16.8 Å². The maximum atomic E-state index is 6.05. The van der Waals surface area contributed by atoms with Gasteiger partial charge in [-0.15, -0.1) is 0 Å². The van der Waals surface area contributed by atoms with Crippen molar-refractivity contribution in [3.8, 4) is 11.1 Å². The molecule has 0 bridgehead atoms. The highest BCUT2D eigenvalue weighted by Gasteiger charge is 2.05. The Morgan fingerprint density at radius 1 is 1.17 bits per heavy atom. The van der Waals surface area contributed by atoms with Crippen molar-refractivity contribution >= 4 is 34.2 Å². The predicted octanol–water partition coefficient (Wildman–Crippen LogP) is 4.32. The first kappa shape index (κ1) is 13.0. The van der Waals surface area contributed by atoms with Gasteiger partial charge in [0, 0.05) is 10.6 Å². The van der Waals surface area contributed by atoms with Crippen LogP contribution in [0.3, 0.4) is 0 Å². The lowest BCUT2D eigenvalue weighted by molar-refractivity contribution is 1.49. The van der Waals surface area contributed by atoms with Gasteiger partial charge < -0.3 is 5.73 Å². The van der Waals surface area contributed by atoms with Crippen molar-refractivity contribution in [1.29, 1.82) is 0 Å². The average Bonchev–Trinajstić information content (AvgIpc) is 2.41. The van der Waals surface area contributed by atoms with Gasteiger partial charge in [-0.2, -0.15) is 0 Å². The first-order valence-electron chi connectivity index (χ1n) is 5.44. The summed E-state index contributed by atoms with van der Waals surface area (Å²) in [5.41, 5.74) is 8.66. The van der Waals surface area contributed by atoms with Crippen LogP contribution < -0.4 is 5.73 Å². The average molecular weight is 277 g/mol. The number of rotatable bonds is 2. The fourth-order valence-electron chi connectivity index (χ4n) is 1.62. The Bertz CT molecular complexity index is 567. The van der Waals surface area contributed by atoms with Gasteiger partial charge in [0.05, 0.1) is 5.69 Å². The van der Waals surface area contributed by atoms with E-state index in [1.807, 2.05) is 54.8 Å². The Morgan fingerprint density at radius 2 is 1.89 bits per heavy atom. The van der Waals surface area contributed by atoms with Crippen molar-refractivity contribution in [2.45, 2.75) is 0 Å². The Labute approximate surface area is 116 Å². The number of thioether (sulfide) groups is 1. The van der Waals surface area contributed by atoms with E-state index < -0.39 is 0 Å². The van der Waals surface area contributed by atoms with Gasteiger partial charge in [0.1, 0.15) is 0 Å². The van der Waals surface area contributed by atoms with Crippen molar-refractivity contribution in [1.82, 2.24) is 0 Å². The summed E-state index contributed by atoms with van der Waals surface area (Å²) in [6.07, 6.45) is 1.90. The molecule has 2 nitrogen and oxygen atoms in total. The summed E-state index contributed by atoms with van der Waals surface area (Å²) in [5.74, 6) is 0. The zero-order valence-electron chi connectivity index (χ0n) is 9.93. The number of hydrogen-bond acceptors (Lipinski definition) is 2. The lowest BCUT2D eigenvalue weighted by atomic mass is 10.0. The Balaban J connectivity index is 2.55. The second kappa shape index (κ2) is 5.94. The van der Waals surface area contributed by atoms with Crippen molar-refractivity contribution in [2.75, 3.05) is 6.26 Å². The molecule has 0 heterocycles. The molecule has 92 valence electrons. The minimum absolute atomic E-state index is 0.537. The quantitative estimate of drug-likeness (QED) is 0.655. The second-order valence-corrected chi connectivity index (χ2v) is 4.94. The zero-order chi connectivity index (χ0) is 13.0. The summed E-state index contributed by atoms with van der Waals surface area (Å²) in [7, 11) is 0. The van der Waals surface area contributed by atoms with Crippen LogP contribution in [0.25, 0.3) is 11.1 Å². The third-order valence-corrected chi connectivity index (χ3v) is 3.23. The highest BCUT2D eigenvalue weighted by atomic mass is 35.5. The van der Waals surface area contributed by atoms with E-state index in [1.165, 1.54) is 11.8 Å². The van der Waals surface area contributed by atoms with Crippen molar-refractivity contribution in [3.05, 3.63) is 53.6 Å². The van der Waals surface area contributed by atoms with Crippen LogP contribution in [-0.4, -0.2) is 11.4 Å². The van der Waals surface area contributed by atoms with Gasteiger partial charge in [0.15, 0.2) is 5.17 Å². The molecule has 0 aromatic heterocycles. The summed E-state index contributed by atoms with van der Waals surface area (Å²) in [6.45, 7) is 0. The normalized spacial score (nSPS) is 11.6. The monoisotopic (exact) mass is 276 g/mol. The second-order valence-electron chi connectivity index (χ2n) is 3.68. The molecule has 0 aliphatic rings. The number of nitrogens with two attached hydrogens (primary N) is 1. The largest absolute Gasteiger partial charge is 0.378 e. The smallest absolute Gasteiger partial charge is 0.158 e. The SMILES string of the molecule is CSC(N)=Nc1ccc(Cl)cc1-c1ccccc1. The van der Waals surface area contributed by atoms with E-state index >= 15 is 0 Å². The van der Waals surface area contributed by atoms with Crippen molar-refractivity contribution < 1.29 is 0 Å². The molecule has 0 fully saturated rings. The standard InChI is InChI=1S/C14H13ClN2S/c1-18-14(16)17-13-8-7-11(15)9-12(13)10-5-3-2-4-6-10/h2-9H,1H3,(H2,16,17). The molecular weight excluding hydrogens is 264 g/mol. The topological polar surface area (TPSA) is 38.4 Å². The van der Waals surface area contributed by atoms with Crippen molar-refractivity contribution in [2.24, 2.45) is 10.7 Å². The molecule has 18 heavy (non-hydrogen) atoms. The molecule has 2 rings (SSSR count). The summed E-state index contributed by atoms with van der Waals surface area (Å²) in [5, 5.41) is 1.23. The van der Waals surface area contributed by atoms with Gasteiger partial charge in [-0.25, -0.2) is 4.99 Å². The minimum Gasteiger partial charge on any atom is -0.378 e. The summed E-state index contributed by atoms with van der Waals surface area (Å²) >= 11 is 7.47. The van der Waals surface area contributed by atoms with E-state index in [1.54, 1.807) is 0 Å². The Morgan fingerprint density at radius 3 is 2.56 bits per heavy atom. The number of aliphatic imine (C=N–C) groups is 1. The molecule has 2 aromatic carbocycles. The van der Waals surface area contributed by atoms with E-state index in [4.69, 9.17) is 17.3 Å². The molecule has 0 amide bonds. The predicted molar refractivity (Wildman–Crippen MR) is 81.7 cm³/mol. The number of hydrogen-bond donors (Lipinski definition) is 1. The van der Waals surface area contributed by atoms with Crippen LogP contribution in [0.4, 0.5) is 5.69 Å². The maximum absolute atomic E-state index is 6.05. The Hall–Kier alpha value is -1.45. The molecule has 0 unspecified atom stereocenters. The van der Waals surface area contributed by atoms with E-state index in [2.05, 4.69) is 4.99 Å². The molecular formula is C14H13ClN2S.